The maximum atomic E-state index is 2.60. The van der Waals surface area contributed by atoms with Gasteiger partial charge in [-0.2, -0.15) is 0 Å². The maximum Gasteiger partial charge on any atom is -0.00135 e. The van der Waals surface area contributed by atoms with Gasteiger partial charge < -0.3 is 9.80 Å². The fraction of sp³-hybridized carbons (Fsp3) is 1.00. The lowest BCUT2D eigenvalue weighted by atomic mass is 9.71. The number of rotatable bonds is 1. The number of piperidine rings is 2. The summed E-state index contributed by atoms with van der Waals surface area (Å²) in [5.41, 5.74) is 0.734. The van der Waals surface area contributed by atoms with Gasteiger partial charge in [-0.3, -0.25) is 0 Å². The van der Waals surface area contributed by atoms with Crippen molar-refractivity contribution in [2.24, 2.45) is 5.41 Å². The quantitative estimate of drug-likeness (QED) is 0.631. The van der Waals surface area contributed by atoms with Crippen LogP contribution in [0.15, 0.2) is 0 Å². The summed E-state index contributed by atoms with van der Waals surface area (Å²) < 4.78 is 0. The molecular formula is C12H24N2. The van der Waals surface area contributed by atoms with Crippen molar-refractivity contribution < 1.29 is 0 Å². The Labute approximate surface area is 88.3 Å². The van der Waals surface area contributed by atoms with Gasteiger partial charge in [0.25, 0.3) is 0 Å². The van der Waals surface area contributed by atoms with Gasteiger partial charge in [-0.25, -0.2) is 0 Å². The first kappa shape index (κ1) is 10.4. The van der Waals surface area contributed by atoms with Crippen molar-refractivity contribution in [2.75, 3.05) is 39.8 Å². The highest BCUT2D eigenvalue weighted by atomic mass is 15.1. The lowest BCUT2D eigenvalue weighted by molar-refractivity contribution is 0.0448. The maximum absolute atomic E-state index is 2.60. The molecule has 0 N–H and O–H groups in total. The Balaban J connectivity index is 1.86. The molecule has 2 heteroatoms. The van der Waals surface area contributed by atoms with Gasteiger partial charge in [-0.15, -0.1) is 0 Å². The average molecular weight is 196 g/mol. The van der Waals surface area contributed by atoms with Crippen molar-refractivity contribution in [1.82, 2.24) is 9.80 Å². The first-order valence-electron chi connectivity index (χ1n) is 6.15. The van der Waals surface area contributed by atoms with Gasteiger partial charge in [0, 0.05) is 0 Å². The molecule has 2 rings (SSSR count). The molecule has 2 fully saturated rings. The standard InChI is InChI=1S/C12H24N2/c1-3-14-10-6-12(7-11-14)4-8-13(2)9-5-12/h3-11H2,1-2H3. The van der Waals surface area contributed by atoms with Crippen LogP contribution in [-0.2, 0) is 0 Å². The topological polar surface area (TPSA) is 6.48 Å². The zero-order chi connectivity index (χ0) is 10.0. The first-order valence-corrected chi connectivity index (χ1v) is 6.15. The van der Waals surface area contributed by atoms with E-state index >= 15 is 0 Å². The lowest BCUT2D eigenvalue weighted by Crippen LogP contribution is -2.45. The molecule has 0 bridgehead atoms. The van der Waals surface area contributed by atoms with E-state index in [1.165, 1.54) is 58.4 Å². The smallest absolute Gasteiger partial charge is 0.00135 e. The second-order valence-corrected chi connectivity index (χ2v) is 5.24. The van der Waals surface area contributed by atoms with Gasteiger partial charge in [0.1, 0.15) is 0 Å². The van der Waals surface area contributed by atoms with Crippen molar-refractivity contribution in [3.63, 3.8) is 0 Å². The Hall–Kier alpha value is -0.0800. The summed E-state index contributed by atoms with van der Waals surface area (Å²) in [6, 6.07) is 0. The molecule has 0 aliphatic carbocycles. The van der Waals surface area contributed by atoms with Gasteiger partial charge in [-0.1, -0.05) is 6.92 Å². The summed E-state index contributed by atoms with van der Waals surface area (Å²) >= 11 is 0. The number of likely N-dealkylation sites (tertiary alicyclic amines) is 2. The third-order valence-corrected chi connectivity index (χ3v) is 4.41. The Bertz CT molecular complexity index is 173. The van der Waals surface area contributed by atoms with Gasteiger partial charge in [0.2, 0.25) is 0 Å². The zero-order valence-electron chi connectivity index (χ0n) is 9.76. The molecule has 1 spiro atoms. The highest BCUT2D eigenvalue weighted by molar-refractivity contribution is 4.89. The molecule has 0 amide bonds. The van der Waals surface area contributed by atoms with Crippen LogP contribution in [0.2, 0.25) is 0 Å². The molecular weight excluding hydrogens is 172 g/mol. The largest absolute Gasteiger partial charge is 0.306 e. The minimum Gasteiger partial charge on any atom is -0.306 e. The number of hydrogen-bond donors (Lipinski definition) is 0. The number of nitrogens with zero attached hydrogens (tertiary/aromatic N) is 2. The molecule has 2 aliphatic rings. The second kappa shape index (κ2) is 4.19. The highest BCUT2D eigenvalue weighted by Gasteiger charge is 2.36. The van der Waals surface area contributed by atoms with E-state index in [0.29, 0.717) is 0 Å². The van der Waals surface area contributed by atoms with Crippen LogP contribution in [0, 0.1) is 5.41 Å². The average Bonchev–Trinajstić information content (AvgIpc) is 2.24. The third kappa shape index (κ3) is 2.12. The molecule has 0 aromatic heterocycles. The fourth-order valence-corrected chi connectivity index (χ4v) is 2.94. The van der Waals surface area contributed by atoms with Crippen molar-refractivity contribution >= 4 is 0 Å². The van der Waals surface area contributed by atoms with E-state index in [2.05, 4.69) is 23.8 Å². The molecule has 0 aromatic rings. The van der Waals surface area contributed by atoms with Crippen molar-refractivity contribution in [1.29, 1.82) is 0 Å². The Kier molecular flexibility index (Phi) is 3.13. The molecule has 0 unspecified atom stereocenters. The molecule has 0 radical (unpaired) electrons. The van der Waals surface area contributed by atoms with Crippen LogP contribution in [0.3, 0.4) is 0 Å². The van der Waals surface area contributed by atoms with E-state index in [-0.39, 0.29) is 0 Å². The van der Waals surface area contributed by atoms with Crippen LogP contribution >= 0.6 is 0 Å². The predicted molar refractivity (Wildman–Crippen MR) is 60.5 cm³/mol. The molecule has 14 heavy (non-hydrogen) atoms. The third-order valence-electron chi connectivity index (χ3n) is 4.41. The molecule has 2 aliphatic heterocycles. The normalized spacial score (nSPS) is 29.6. The van der Waals surface area contributed by atoms with Crippen LogP contribution in [0.25, 0.3) is 0 Å². The van der Waals surface area contributed by atoms with E-state index in [1.54, 1.807) is 0 Å². The van der Waals surface area contributed by atoms with E-state index < -0.39 is 0 Å². The van der Waals surface area contributed by atoms with E-state index in [4.69, 9.17) is 0 Å². The van der Waals surface area contributed by atoms with Gasteiger partial charge in [-0.05, 0) is 70.9 Å². The summed E-state index contributed by atoms with van der Waals surface area (Å²) in [5.74, 6) is 0. The number of hydrogen-bond acceptors (Lipinski definition) is 2. The van der Waals surface area contributed by atoms with E-state index in [0.717, 1.165) is 5.41 Å². The Morgan fingerprint density at radius 2 is 1.43 bits per heavy atom. The van der Waals surface area contributed by atoms with Crippen LogP contribution < -0.4 is 0 Å². The molecule has 0 atom stereocenters. The van der Waals surface area contributed by atoms with Gasteiger partial charge >= 0.3 is 0 Å². The Morgan fingerprint density at radius 3 is 1.93 bits per heavy atom. The van der Waals surface area contributed by atoms with E-state index in [9.17, 15) is 0 Å². The molecule has 82 valence electrons. The van der Waals surface area contributed by atoms with Crippen LogP contribution in [0.5, 0.6) is 0 Å². The zero-order valence-corrected chi connectivity index (χ0v) is 9.76. The summed E-state index contributed by atoms with van der Waals surface area (Å²) in [5, 5.41) is 0. The molecule has 2 nitrogen and oxygen atoms in total. The SMILES string of the molecule is CCN1CCC2(CCN(C)CC2)CC1. The van der Waals surface area contributed by atoms with Crippen LogP contribution in [0.4, 0.5) is 0 Å². The van der Waals surface area contributed by atoms with Gasteiger partial charge in [0.15, 0.2) is 0 Å². The van der Waals surface area contributed by atoms with Crippen molar-refractivity contribution in [3.05, 3.63) is 0 Å². The fourth-order valence-electron chi connectivity index (χ4n) is 2.94. The highest BCUT2D eigenvalue weighted by Crippen LogP contribution is 2.40. The van der Waals surface area contributed by atoms with Crippen LogP contribution in [0.1, 0.15) is 32.6 Å². The first-order chi connectivity index (χ1) is 6.74. The predicted octanol–water partition coefficient (Wildman–Crippen LogP) is 1.81. The summed E-state index contributed by atoms with van der Waals surface area (Å²) in [6.45, 7) is 8.88. The van der Waals surface area contributed by atoms with Crippen molar-refractivity contribution in [2.45, 2.75) is 32.6 Å². The molecule has 0 aromatic carbocycles. The minimum atomic E-state index is 0.734. The summed E-state index contributed by atoms with van der Waals surface area (Å²) in [6.07, 6.45) is 5.80. The summed E-state index contributed by atoms with van der Waals surface area (Å²) in [4.78, 5) is 5.08. The second-order valence-electron chi connectivity index (χ2n) is 5.24. The van der Waals surface area contributed by atoms with E-state index in [1.807, 2.05) is 0 Å². The van der Waals surface area contributed by atoms with Crippen molar-refractivity contribution in [3.8, 4) is 0 Å². The molecule has 2 heterocycles. The van der Waals surface area contributed by atoms with Crippen LogP contribution in [-0.4, -0.2) is 49.6 Å². The molecule has 0 saturated carbocycles. The van der Waals surface area contributed by atoms with Gasteiger partial charge in [0.05, 0.1) is 0 Å². The summed E-state index contributed by atoms with van der Waals surface area (Å²) in [7, 11) is 2.26. The lowest BCUT2D eigenvalue weighted by Gasteiger charge is -2.46. The monoisotopic (exact) mass is 196 g/mol. The molecule has 2 saturated heterocycles. The minimum absolute atomic E-state index is 0.734. The Morgan fingerprint density at radius 1 is 0.929 bits per heavy atom.